The molecule has 1 aliphatic carbocycles. The Labute approximate surface area is 131 Å². The van der Waals surface area contributed by atoms with Crippen molar-refractivity contribution in [2.45, 2.75) is 84.6 Å². The summed E-state index contributed by atoms with van der Waals surface area (Å²) >= 11 is 0. The van der Waals surface area contributed by atoms with Crippen molar-refractivity contribution in [3.05, 3.63) is 34.4 Å². The van der Waals surface area contributed by atoms with E-state index in [1.54, 1.807) is 0 Å². The normalized spacial score (nSPS) is 26.0. The quantitative estimate of drug-likeness (QED) is 0.788. The van der Waals surface area contributed by atoms with E-state index in [1.807, 2.05) is 0 Å². The summed E-state index contributed by atoms with van der Waals surface area (Å²) in [7, 11) is 0. The molecule has 0 unspecified atom stereocenters. The smallest absolute Gasteiger partial charge is 0.0195 e. The van der Waals surface area contributed by atoms with Gasteiger partial charge >= 0.3 is 0 Å². The summed E-state index contributed by atoms with van der Waals surface area (Å²) in [5.74, 6) is 0.932. The van der Waals surface area contributed by atoms with Gasteiger partial charge in [-0.15, -0.1) is 0 Å². The molecule has 0 atom stereocenters. The summed E-state index contributed by atoms with van der Waals surface area (Å²) < 4.78 is 0. The number of nitrogens with two attached hydrogens (primary N) is 1. The van der Waals surface area contributed by atoms with Crippen LogP contribution in [0.25, 0.3) is 0 Å². The van der Waals surface area contributed by atoms with E-state index in [-0.39, 0.29) is 5.54 Å². The van der Waals surface area contributed by atoms with Gasteiger partial charge in [0.15, 0.2) is 0 Å². The minimum atomic E-state index is 0.0352. The van der Waals surface area contributed by atoms with Gasteiger partial charge in [-0.3, -0.25) is 0 Å². The number of aryl methyl sites for hydroxylation is 3. The fourth-order valence-electron chi connectivity index (χ4n) is 4.05. The van der Waals surface area contributed by atoms with Gasteiger partial charge in [-0.1, -0.05) is 43.9 Å². The number of rotatable bonds is 5. The van der Waals surface area contributed by atoms with E-state index in [2.05, 4.69) is 39.8 Å². The molecule has 1 fully saturated rings. The van der Waals surface area contributed by atoms with Crippen molar-refractivity contribution in [2.24, 2.45) is 11.7 Å². The first-order valence-electron chi connectivity index (χ1n) is 8.79. The Kier molecular flexibility index (Phi) is 5.48. The second kappa shape index (κ2) is 6.96. The van der Waals surface area contributed by atoms with Gasteiger partial charge < -0.3 is 5.73 Å². The Morgan fingerprint density at radius 1 is 1.10 bits per heavy atom. The minimum absolute atomic E-state index is 0.0352. The molecule has 0 saturated heterocycles. The molecule has 1 aliphatic rings. The number of hydrogen-bond acceptors (Lipinski definition) is 1. The Balaban J connectivity index is 2.00. The first-order valence-corrected chi connectivity index (χ1v) is 8.79. The Morgan fingerprint density at radius 2 is 1.67 bits per heavy atom. The van der Waals surface area contributed by atoms with Gasteiger partial charge in [0.25, 0.3) is 0 Å². The molecule has 2 N–H and O–H groups in total. The zero-order chi connectivity index (χ0) is 15.5. The lowest BCUT2D eigenvalue weighted by molar-refractivity contribution is 0.221. The Hall–Kier alpha value is -0.820. The lowest BCUT2D eigenvalue weighted by Crippen LogP contribution is -2.45. The van der Waals surface area contributed by atoms with Gasteiger partial charge in [0, 0.05) is 5.54 Å². The average molecular weight is 287 g/mol. The van der Waals surface area contributed by atoms with Crippen molar-refractivity contribution in [3.8, 4) is 0 Å². The fourth-order valence-corrected chi connectivity index (χ4v) is 4.05. The van der Waals surface area contributed by atoms with Crippen LogP contribution in [0.15, 0.2) is 12.1 Å². The zero-order valence-electron chi connectivity index (χ0n) is 14.5. The molecule has 0 amide bonds. The van der Waals surface area contributed by atoms with Crippen molar-refractivity contribution >= 4 is 0 Å². The molecule has 1 heteroatoms. The molecule has 0 radical (unpaired) electrons. The number of unbranched alkanes of at least 4 members (excludes halogenated alkanes) is 1. The zero-order valence-corrected chi connectivity index (χ0v) is 14.5. The maximum absolute atomic E-state index is 6.76. The van der Waals surface area contributed by atoms with Gasteiger partial charge in [-0.2, -0.15) is 0 Å². The predicted molar refractivity (Wildman–Crippen MR) is 92.8 cm³/mol. The Bertz CT molecular complexity index is 444. The van der Waals surface area contributed by atoms with Crippen molar-refractivity contribution in [2.75, 3.05) is 0 Å². The van der Waals surface area contributed by atoms with Crippen LogP contribution in [0.2, 0.25) is 0 Å². The monoisotopic (exact) mass is 287 g/mol. The highest BCUT2D eigenvalue weighted by atomic mass is 14.7. The highest BCUT2D eigenvalue weighted by molar-refractivity contribution is 5.38. The van der Waals surface area contributed by atoms with E-state index in [0.717, 1.165) is 12.3 Å². The molecule has 0 heterocycles. The van der Waals surface area contributed by atoms with E-state index < -0.39 is 0 Å². The summed E-state index contributed by atoms with van der Waals surface area (Å²) in [6.07, 6.45) is 10.3. The van der Waals surface area contributed by atoms with Gasteiger partial charge in [-0.05, 0) is 75.5 Å². The molecule has 21 heavy (non-hydrogen) atoms. The third-order valence-electron chi connectivity index (χ3n) is 5.44. The topological polar surface area (TPSA) is 26.0 Å². The van der Waals surface area contributed by atoms with E-state index in [0.29, 0.717) is 0 Å². The predicted octanol–water partition coefficient (Wildman–Crippen LogP) is 5.23. The molecule has 0 spiro atoms. The standard InChI is InChI=1S/C20H33N/c1-5-6-7-18-8-10-20(21,11-9-18)14-19-16(3)12-15(2)13-17(19)4/h12-13,18H,5-11,14,21H2,1-4H3. The van der Waals surface area contributed by atoms with E-state index in [4.69, 9.17) is 5.73 Å². The second-order valence-corrected chi connectivity index (χ2v) is 7.50. The fraction of sp³-hybridized carbons (Fsp3) is 0.700. The van der Waals surface area contributed by atoms with Crippen LogP contribution in [0.5, 0.6) is 0 Å². The van der Waals surface area contributed by atoms with Gasteiger partial charge in [0.05, 0.1) is 0 Å². The van der Waals surface area contributed by atoms with Crippen LogP contribution in [-0.2, 0) is 6.42 Å². The van der Waals surface area contributed by atoms with E-state index in [9.17, 15) is 0 Å². The van der Waals surface area contributed by atoms with Crippen LogP contribution in [0.1, 0.15) is 74.1 Å². The van der Waals surface area contributed by atoms with Crippen LogP contribution in [-0.4, -0.2) is 5.54 Å². The first-order chi connectivity index (χ1) is 9.93. The summed E-state index contributed by atoms with van der Waals surface area (Å²) in [4.78, 5) is 0. The number of hydrogen-bond donors (Lipinski definition) is 1. The van der Waals surface area contributed by atoms with Crippen molar-refractivity contribution < 1.29 is 0 Å². The highest BCUT2D eigenvalue weighted by Gasteiger charge is 2.32. The lowest BCUT2D eigenvalue weighted by atomic mass is 9.72. The highest BCUT2D eigenvalue weighted by Crippen LogP contribution is 2.36. The van der Waals surface area contributed by atoms with E-state index >= 15 is 0 Å². The van der Waals surface area contributed by atoms with Crippen molar-refractivity contribution in [3.63, 3.8) is 0 Å². The van der Waals surface area contributed by atoms with Crippen molar-refractivity contribution in [1.82, 2.24) is 0 Å². The number of benzene rings is 1. The summed E-state index contributed by atoms with van der Waals surface area (Å²) in [5.41, 5.74) is 12.5. The molecule has 0 aliphatic heterocycles. The van der Waals surface area contributed by atoms with Crippen LogP contribution in [0, 0.1) is 26.7 Å². The van der Waals surface area contributed by atoms with Gasteiger partial charge in [0.2, 0.25) is 0 Å². The molecule has 2 rings (SSSR count). The molecule has 1 aromatic rings. The molecular weight excluding hydrogens is 254 g/mol. The van der Waals surface area contributed by atoms with Crippen LogP contribution in [0.3, 0.4) is 0 Å². The first kappa shape index (κ1) is 16.5. The second-order valence-electron chi connectivity index (χ2n) is 7.50. The third-order valence-corrected chi connectivity index (χ3v) is 5.44. The SMILES string of the molecule is CCCCC1CCC(N)(Cc2c(C)cc(C)cc2C)CC1. The molecule has 118 valence electrons. The average Bonchev–Trinajstić information content (AvgIpc) is 2.42. The molecule has 1 aromatic carbocycles. The Morgan fingerprint density at radius 3 is 2.19 bits per heavy atom. The molecular formula is C20H33N. The molecule has 0 aromatic heterocycles. The van der Waals surface area contributed by atoms with Gasteiger partial charge in [0.1, 0.15) is 0 Å². The van der Waals surface area contributed by atoms with E-state index in [1.165, 1.54) is 67.2 Å². The summed E-state index contributed by atoms with van der Waals surface area (Å²) in [6.45, 7) is 8.96. The maximum Gasteiger partial charge on any atom is 0.0195 e. The minimum Gasteiger partial charge on any atom is -0.325 e. The molecule has 1 nitrogen and oxygen atoms in total. The van der Waals surface area contributed by atoms with Crippen molar-refractivity contribution in [1.29, 1.82) is 0 Å². The van der Waals surface area contributed by atoms with Crippen LogP contribution in [0.4, 0.5) is 0 Å². The molecule has 1 saturated carbocycles. The van der Waals surface area contributed by atoms with Crippen LogP contribution < -0.4 is 5.73 Å². The lowest BCUT2D eigenvalue weighted by Gasteiger charge is -2.38. The third kappa shape index (κ3) is 4.32. The maximum atomic E-state index is 6.76. The summed E-state index contributed by atoms with van der Waals surface area (Å²) in [5, 5.41) is 0. The summed E-state index contributed by atoms with van der Waals surface area (Å²) in [6, 6.07) is 4.61. The molecule has 0 bridgehead atoms. The van der Waals surface area contributed by atoms with Crippen LogP contribution >= 0.6 is 0 Å². The van der Waals surface area contributed by atoms with Gasteiger partial charge in [-0.25, -0.2) is 0 Å². The largest absolute Gasteiger partial charge is 0.325 e.